The predicted octanol–water partition coefficient (Wildman–Crippen LogP) is 1.52. The van der Waals surface area contributed by atoms with Gasteiger partial charge < -0.3 is 0 Å². The highest BCUT2D eigenvalue weighted by Crippen LogP contribution is 2.18. The summed E-state index contributed by atoms with van der Waals surface area (Å²) >= 11 is 0. The number of aromatic nitrogens is 3. The molecule has 0 bridgehead atoms. The lowest BCUT2D eigenvalue weighted by Gasteiger charge is -2.05. The second kappa shape index (κ2) is 5.51. The van der Waals surface area contributed by atoms with Gasteiger partial charge in [-0.05, 0) is 30.3 Å². The summed E-state index contributed by atoms with van der Waals surface area (Å²) in [5.41, 5.74) is -0.0637. The minimum absolute atomic E-state index is 0.0741. The number of aryl methyl sites for hydroxylation is 1. The average molecular weight is 336 g/mol. The van der Waals surface area contributed by atoms with Gasteiger partial charge in [-0.15, -0.1) is 0 Å². The van der Waals surface area contributed by atoms with Gasteiger partial charge in [0.05, 0.1) is 0 Å². The molecule has 2 heterocycles. The van der Waals surface area contributed by atoms with Gasteiger partial charge in [-0.1, -0.05) is 6.92 Å². The summed E-state index contributed by atoms with van der Waals surface area (Å²) in [6.45, 7) is 1.84. The molecule has 7 nitrogen and oxygen atoms in total. The van der Waals surface area contributed by atoms with Crippen molar-refractivity contribution in [1.82, 2.24) is 14.6 Å². The van der Waals surface area contributed by atoms with Crippen molar-refractivity contribution in [3.8, 4) is 0 Å². The van der Waals surface area contributed by atoms with E-state index in [0.717, 1.165) is 12.1 Å². The van der Waals surface area contributed by atoms with E-state index in [1.807, 2.05) is 6.92 Å². The number of rotatable bonds is 4. The Hall–Kier alpha value is -2.68. The molecule has 2 N–H and O–H groups in total. The molecule has 0 saturated carbocycles. The van der Waals surface area contributed by atoms with Crippen LogP contribution in [-0.4, -0.2) is 23.0 Å². The van der Waals surface area contributed by atoms with Crippen molar-refractivity contribution in [2.24, 2.45) is 0 Å². The zero-order chi connectivity index (χ0) is 16.6. The fourth-order valence-corrected chi connectivity index (χ4v) is 3.26. The molecule has 3 aromatic rings. The first-order valence-corrected chi connectivity index (χ1v) is 8.27. The lowest BCUT2D eigenvalue weighted by atomic mass is 10.3. The highest BCUT2D eigenvalue weighted by Gasteiger charge is 2.19. The number of nitrogens with zero attached hydrogens (tertiary/aromatic N) is 2. The normalized spacial score (nSPS) is 11.7. The van der Waals surface area contributed by atoms with Gasteiger partial charge in [-0.25, -0.2) is 17.9 Å². The molecule has 2 aromatic heterocycles. The molecule has 0 atom stereocenters. The first-order valence-electron chi connectivity index (χ1n) is 6.79. The lowest BCUT2D eigenvalue weighted by molar-refractivity contribution is 0.601. The van der Waals surface area contributed by atoms with Gasteiger partial charge >= 0.3 is 0 Å². The van der Waals surface area contributed by atoms with Crippen molar-refractivity contribution in [3.63, 3.8) is 0 Å². The van der Waals surface area contributed by atoms with Crippen LogP contribution in [0.1, 0.15) is 12.7 Å². The molecule has 0 saturated heterocycles. The van der Waals surface area contributed by atoms with Crippen LogP contribution in [0, 0.1) is 5.82 Å². The van der Waals surface area contributed by atoms with E-state index in [9.17, 15) is 17.6 Å². The molecule has 9 heteroatoms. The summed E-state index contributed by atoms with van der Waals surface area (Å²) in [6.07, 6.45) is 1.86. The number of H-pyrrole nitrogens is 1. The van der Waals surface area contributed by atoms with Crippen LogP contribution < -0.4 is 10.3 Å². The van der Waals surface area contributed by atoms with E-state index in [0.29, 0.717) is 12.2 Å². The minimum Gasteiger partial charge on any atom is -0.297 e. The predicted molar refractivity (Wildman–Crippen MR) is 82.4 cm³/mol. The number of aromatic amines is 1. The molecule has 1 aromatic carbocycles. The average Bonchev–Trinajstić information content (AvgIpc) is 2.97. The molecule has 0 spiro atoms. The van der Waals surface area contributed by atoms with Crippen LogP contribution in [-0.2, 0) is 16.4 Å². The Morgan fingerprint density at radius 1 is 1.30 bits per heavy atom. The molecule has 0 fully saturated rings. The van der Waals surface area contributed by atoms with Crippen LogP contribution in [0.15, 0.2) is 46.2 Å². The fourth-order valence-electron chi connectivity index (χ4n) is 2.18. The van der Waals surface area contributed by atoms with E-state index < -0.39 is 21.4 Å². The Labute approximate surface area is 130 Å². The number of anilines is 1. The van der Waals surface area contributed by atoms with Crippen LogP contribution in [0.4, 0.5) is 10.1 Å². The summed E-state index contributed by atoms with van der Waals surface area (Å²) in [6, 6.07) is 6.20. The fraction of sp³-hybridized carbons (Fsp3) is 0.143. The molecule has 23 heavy (non-hydrogen) atoms. The first kappa shape index (κ1) is 15.2. The zero-order valence-corrected chi connectivity index (χ0v) is 12.9. The van der Waals surface area contributed by atoms with Crippen molar-refractivity contribution in [2.75, 3.05) is 4.72 Å². The number of nitrogens with one attached hydrogen (secondary N) is 2. The van der Waals surface area contributed by atoms with Gasteiger partial charge in [-0.2, -0.15) is 5.10 Å². The van der Waals surface area contributed by atoms with Crippen LogP contribution in [0.3, 0.4) is 0 Å². The van der Waals surface area contributed by atoms with Gasteiger partial charge in [-0.3, -0.25) is 13.9 Å². The van der Waals surface area contributed by atoms with Gasteiger partial charge in [0.2, 0.25) is 0 Å². The second-order valence-electron chi connectivity index (χ2n) is 4.87. The number of hydrogen-bond donors (Lipinski definition) is 2. The molecule has 3 rings (SSSR count). The van der Waals surface area contributed by atoms with Gasteiger partial charge in [0.15, 0.2) is 0 Å². The van der Waals surface area contributed by atoms with Crippen molar-refractivity contribution in [1.29, 1.82) is 0 Å². The number of fused-ring (bicyclic) bond motifs is 1. The van der Waals surface area contributed by atoms with E-state index in [-0.39, 0.29) is 16.1 Å². The Balaban J connectivity index is 2.06. The third-order valence-corrected chi connectivity index (χ3v) is 4.66. The first-order chi connectivity index (χ1) is 10.9. The number of benzene rings is 1. The lowest BCUT2D eigenvalue weighted by Crippen LogP contribution is -2.14. The Bertz CT molecular complexity index is 1020. The third kappa shape index (κ3) is 2.82. The monoisotopic (exact) mass is 336 g/mol. The van der Waals surface area contributed by atoms with Gasteiger partial charge in [0.1, 0.15) is 22.1 Å². The largest absolute Gasteiger partial charge is 0.297 e. The van der Waals surface area contributed by atoms with E-state index in [2.05, 4.69) is 14.9 Å². The van der Waals surface area contributed by atoms with Crippen molar-refractivity contribution in [3.05, 3.63) is 58.5 Å². The second-order valence-corrected chi connectivity index (χ2v) is 6.55. The van der Waals surface area contributed by atoms with E-state index in [4.69, 9.17) is 0 Å². The smallest absolute Gasteiger partial charge is 0.288 e. The van der Waals surface area contributed by atoms with E-state index >= 15 is 0 Å². The van der Waals surface area contributed by atoms with Crippen LogP contribution in [0.2, 0.25) is 0 Å². The van der Waals surface area contributed by atoms with Crippen LogP contribution >= 0.6 is 0 Å². The quantitative estimate of drug-likeness (QED) is 0.755. The van der Waals surface area contributed by atoms with Gasteiger partial charge in [0.25, 0.3) is 15.6 Å². The summed E-state index contributed by atoms with van der Waals surface area (Å²) in [5.74, 6) is 0.0654. The summed E-state index contributed by atoms with van der Waals surface area (Å²) in [4.78, 5) is 11.7. The Morgan fingerprint density at radius 3 is 2.65 bits per heavy atom. The maximum atomic E-state index is 12.9. The molecule has 0 aliphatic rings. The van der Waals surface area contributed by atoms with Crippen molar-refractivity contribution in [2.45, 2.75) is 18.2 Å². The highest BCUT2D eigenvalue weighted by molar-refractivity contribution is 7.92. The highest BCUT2D eigenvalue weighted by atomic mass is 32.2. The maximum absolute atomic E-state index is 12.9. The summed E-state index contributed by atoms with van der Waals surface area (Å²) < 4.78 is 41.5. The van der Waals surface area contributed by atoms with E-state index in [1.54, 1.807) is 0 Å². The number of hydrogen-bond acceptors (Lipinski definition) is 4. The van der Waals surface area contributed by atoms with E-state index in [1.165, 1.54) is 28.8 Å². The minimum atomic E-state index is -3.90. The molecule has 0 unspecified atom stereocenters. The third-order valence-electron chi connectivity index (χ3n) is 3.32. The SMILES string of the molecule is CCc1n[nH]c(=O)c2cc(S(=O)(=O)Nc3ccc(F)cc3)cn12. The molecule has 0 aliphatic heterocycles. The maximum Gasteiger partial charge on any atom is 0.288 e. The standard InChI is InChI=1S/C14H13FN4O3S/c1-2-13-16-17-14(20)12-7-11(8-19(12)13)23(21,22)18-10-5-3-9(15)4-6-10/h3-8,18H,2H2,1H3,(H,17,20). The molecular formula is C14H13FN4O3S. The van der Waals surface area contributed by atoms with Crippen LogP contribution in [0.5, 0.6) is 0 Å². The van der Waals surface area contributed by atoms with Crippen molar-refractivity contribution < 1.29 is 12.8 Å². The topological polar surface area (TPSA) is 96.3 Å². The summed E-state index contributed by atoms with van der Waals surface area (Å²) in [5, 5.41) is 6.21. The summed E-state index contributed by atoms with van der Waals surface area (Å²) in [7, 11) is -3.90. The number of halogens is 1. The van der Waals surface area contributed by atoms with Gasteiger partial charge in [0, 0.05) is 18.3 Å². The Kier molecular flexibility index (Phi) is 3.64. The number of sulfonamides is 1. The molecule has 120 valence electrons. The molecule has 0 aliphatic carbocycles. The molecule has 0 radical (unpaired) electrons. The van der Waals surface area contributed by atoms with Crippen LogP contribution in [0.25, 0.3) is 5.52 Å². The molecular weight excluding hydrogens is 323 g/mol. The van der Waals surface area contributed by atoms with Crippen molar-refractivity contribution >= 4 is 21.2 Å². The zero-order valence-electron chi connectivity index (χ0n) is 12.1. The molecule has 0 amide bonds. The Morgan fingerprint density at radius 2 is 2.00 bits per heavy atom.